The van der Waals surface area contributed by atoms with Crippen LogP contribution in [0.3, 0.4) is 0 Å². The topological polar surface area (TPSA) is 64.6 Å². The maximum Gasteiger partial charge on any atom is 0.307 e. The highest BCUT2D eigenvalue weighted by Gasteiger charge is 2.10. The molecule has 0 radical (unpaired) electrons. The number of esters is 1. The fourth-order valence-corrected chi connectivity index (χ4v) is 4.19. The van der Waals surface area contributed by atoms with E-state index < -0.39 is 0 Å². The lowest BCUT2D eigenvalue weighted by molar-refractivity contribution is -0.140. The van der Waals surface area contributed by atoms with Crippen molar-refractivity contribution in [2.45, 2.75) is 46.0 Å². The smallest absolute Gasteiger partial charge is 0.307 e. The molecule has 6 heteroatoms. The Morgan fingerprint density at radius 1 is 0.946 bits per heavy atom. The van der Waals surface area contributed by atoms with E-state index in [1.807, 2.05) is 42.5 Å². The van der Waals surface area contributed by atoms with Crippen LogP contribution in [0.1, 0.15) is 61.0 Å². The SMILES string of the molecule is COC(=O)CCNC(=O)c1ccc(CCC(C)COc2ccc(-c3ccc(C(C)C)cc3)c(Cl)c2)cc1. The maximum atomic E-state index is 12.2. The van der Waals surface area contributed by atoms with Gasteiger partial charge in [-0.3, -0.25) is 9.59 Å². The van der Waals surface area contributed by atoms with Crippen molar-refractivity contribution < 1.29 is 19.1 Å². The van der Waals surface area contributed by atoms with E-state index in [-0.39, 0.29) is 24.8 Å². The number of ether oxygens (including phenoxy) is 2. The highest BCUT2D eigenvalue weighted by Crippen LogP contribution is 2.32. The van der Waals surface area contributed by atoms with Crippen molar-refractivity contribution in [1.82, 2.24) is 5.32 Å². The van der Waals surface area contributed by atoms with Crippen molar-refractivity contribution >= 4 is 23.5 Å². The van der Waals surface area contributed by atoms with Gasteiger partial charge in [0.05, 0.1) is 25.2 Å². The molecule has 3 rings (SSSR count). The zero-order valence-electron chi connectivity index (χ0n) is 22.1. The molecule has 3 aromatic carbocycles. The van der Waals surface area contributed by atoms with Gasteiger partial charge in [0, 0.05) is 17.7 Å². The molecule has 0 saturated carbocycles. The normalized spacial score (nSPS) is 11.7. The summed E-state index contributed by atoms with van der Waals surface area (Å²) in [6.07, 6.45) is 2.00. The number of hydrogen-bond acceptors (Lipinski definition) is 4. The molecule has 0 saturated heterocycles. The summed E-state index contributed by atoms with van der Waals surface area (Å²) in [5.74, 6) is 1.07. The van der Waals surface area contributed by atoms with Crippen LogP contribution in [0.4, 0.5) is 0 Å². The summed E-state index contributed by atoms with van der Waals surface area (Å²) < 4.78 is 10.6. The number of aryl methyl sites for hydroxylation is 1. The molecule has 0 aliphatic heterocycles. The Morgan fingerprint density at radius 3 is 2.27 bits per heavy atom. The Bertz CT molecular complexity index is 1170. The summed E-state index contributed by atoms with van der Waals surface area (Å²) in [5, 5.41) is 3.40. The van der Waals surface area contributed by atoms with Crippen LogP contribution in [0.15, 0.2) is 66.7 Å². The Morgan fingerprint density at radius 2 is 1.65 bits per heavy atom. The first-order valence-corrected chi connectivity index (χ1v) is 13.1. The number of rotatable bonds is 12. The number of benzene rings is 3. The van der Waals surface area contributed by atoms with Crippen LogP contribution in [-0.2, 0) is 16.0 Å². The lowest BCUT2D eigenvalue weighted by Crippen LogP contribution is -2.26. The van der Waals surface area contributed by atoms with E-state index >= 15 is 0 Å². The number of methoxy groups -OCH3 is 1. The van der Waals surface area contributed by atoms with Crippen LogP contribution < -0.4 is 10.1 Å². The average molecular weight is 522 g/mol. The van der Waals surface area contributed by atoms with Gasteiger partial charge in [-0.2, -0.15) is 0 Å². The van der Waals surface area contributed by atoms with Crippen molar-refractivity contribution in [3.63, 3.8) is 0 Å². The second-order valence-corrected chi connectivity index (χ2v) is 10.1. The lowest BCUT2D eigenvalue weighted by Gasteiger charge is -2.15. The summed E-state index contributed by atoms with van der Waals surface area (Å²) >= 11 is 6.58. The highest BCUT2D eigenvalue weighted by molar-refractivity contribution is 6.33. The molecule has 0 fully saturated rings. The average Bonchev–Trinajstić information content (AvgIpc) is 2.91. The molecule has 0 spiro atoms. The van der Waals surface area contributed by atoms with Crippen LogP contribution in [0, 0.1) is 5.92 Å². The molecular formula is C31H36ClNO4. The number of nitrogens with one attached hydrogen (secondary N) is 1. The second kappa shape index (κ2) is 13.8. The van der Waals surface area contributed by atoms with Gasteiger partial charge in [-0.1, -0.05) is 68.8 Å². The molecule has 1 N–H and O–H groups in total. The zero-order chi connectivity index (χ0) is 26.8. The molecule has 0 aliphatic rings. The van der Waals surface area contributed by atoms with Gasteiger partial charge in [-0.25, -0.2) is 0 Å². The third-order valence-corrected chi connectivity index (χ3v) is 6.66. The number of halogens is 1. The predicted octanol–water partition coefficient (Wildman–Crippen LogP) is 7.07. The Hall–Kier alpha value is -3.31. The Labute approximate surface area is 225 Å². The molecular weight excluding hydrogens is 486 g/mol. The molecule has 1 unspecified atom stereocenters. The van der Waals surface area contributed by atoms with Crippen LogP contribution in [0.2, 0.25) is 5.02 Å². The lowest BCUT2D eigenvalue weighted by atomic mass is 9.99. The van der Waals surface area contributed by atoms with Crippen molar-refractivity contribution in [2.24, 2.45) is 5.92 Å². The Balaban J connectivity index is 1.44. The highest BCUT2D eigenvalue weighted by atomic mass is 35.5. The molecule has 0 heterocycles. The number of carbonyl (C=O) groups excluding carboxylic acids is 2. The van der Waals surface area contributed by atoms with Crippen molar-refractivity contribution in [2.75, 3.05) is 20.3 Å². The molecule has 1 amide bonds. The van der Waals surface area contributed by atoms with Gasteiger partial charge in [0.15, 0.2) is 0 Å². The fraction of sp³-hybridized carbons (Fsp3) is 0.355. The van der Waals surface area contributed by atoms with E-state index in [0.29, 0.717) is 29.0 Å². The van der Waals surface area contributed by atoms with E-state index in [2.05, 4.69) is 55.1 Å². The summed E-state index contributed by atoms with van der Waals surface area (Å²) in [6.45, 7) is 7.38. The van der Waals surface area contributed by atoms with E-state index in [1.165, 1.54) is 12.7 Å². The fourth-order valence-electron chi connectivity index (χ4n) is 3.91. The van der Waals surface area contributed by atoms with Crippen LogP contribution in [-0.4, -0.2) is 32.1 Å². The summed E-state index contributed by atoms with van der Waals surface area (Å²) in [7, 11) is 1.33. The minimum absolute atomic E-state index is 0.156. The molecule has 0 aliphatic carbocycles. The second-order valence-electron chi connectivity index (χ2n) is 9.65. The number of amides is 1. The van der Waals surface area contributed by atoms with Gasteiger partial charge in [0.1, 0.15) is 5.75 Å². The quantitative estimate of drug-likeness (QED) is 0.259. The summed E-state index contributed by atoms with van der Waals surface area (Å²) in [5.41, 5.74) is 5.13. The van der Waals surface area contributed by atoms with Crippen LogP contribution in [0.25, 0.3) is 11.1 Å². The van der Waals surface area contributed by atoms with E-state index in [9.17, 15) is 9.59 Å². The van der Waals surface area contributed by atoms with E-state index in [0.717, 1.165) is 35.3 Å². The van der Waals surface area contributed by atoms with Crippen molar-refractivity contribution in [3.05, 3.63) is 88.4 Å². The first-order valence-electron chi connectivity index (χ1n) is 12.7. The first-order chi connectivity index (χ1) is 17.8. The van der Waals surface area contributed by atoms with Gasteiger partial charge in [0.25, 0.3) is 5.91 Å². The van der Waals surface area contributed by atoms with Crippen molar-refractivity contribution in [1.29, 1.82) is 0 Å². The predicted molar refractivity (Wildman–Crippen MR) is 149 cm³/mol. The van der Waals surface area contributed by atoms with Gasteiger partial charge in [-0.15, -0.1) is 0 Å². The molecule has 5 nitrogen and oxygen atoms in total. The van der Waals surface area contributed by atoms with Crippen LogP contribution >= 0.6 is 11.6 Å². The molecule has 1 atom stereocenters. The third kappa shape index (κ3) is 8.64. The summed E-state index contributed by atoms with van der Waals surface area (Å²) in [4.78, 5) is 23.3. The van der Waals surface area contributed by atoms with Gasteiger partial charge in [0.2, 0.25) is 0 Å². The standard InChI is InChI=1S/C31H36ClNO4/c1-21(2)24-11-13-25(14-12-24)28-16-15-27(19-29(28)32)37-20-22(3)5-6-23-7-9-26(10-8-23)31(35)33-18-17-30(34)36-4/h7-16,19,21-22H,5-6,17-18,20H2,1-4H3,(H,33,35). The van der Waals surface area contributed by atoms with Gasteiger partial charge in [-0.05, 0) is 71.7 Å². The first kappa shape index (κ1) is 28.3. The molecule has 196 valence electrons. The number of hydrogen-bond donors (Lipinski definition) is 1. The minimum atomic E-state index is -0.346. The van der Waals surface area contributed by atoms with Crippen molar-refractivity contribution in [3.8, 4) is 16.9 Å². The minimum Gasteiger partial charge on any atom is -0.493 e. The maximum absolute atomic E-state index is 12.2. The molecule has 0 bridgehead atoms. The molecule has 3 aromatic rings. The Kier molecular flexibility index (Phi) is 10.6. The largest absolute Gasteiger partial charge is 0.493 e. The zero-order valence-corrected chi connectivity index (χ0v) is 22.8. The van der Waals surface area contributed by atoms with Gasteiger partial charge < -0.3 is 14.8 Å². The van der Waals surface area contributed by atoms with E-state index in [4.69, 9.17) is 16.3 Å². The van der Waals surface area contributed by atoms with Gasteiger partial charge >= 0.3 is 5.97 Å². The molecule has 0 aromatic heterocycles. The van der Waals surface area contributed by atoms with Crippen LogP contribution in [0.5, 0.6) is 5.75 Å². The number of carbonyl (C=O) groups is 2. The third-order valence-electron chi connectivity index (χ3n) is 6.35. The summed E-state index contributed by atoms with van der Waals surface area (Å²) in [6, 6.07) is 22.0. The van der Waals surface area contributed by atoms with E-state index in [1.54, 1.807) is 0 Å². The monoisotopic (exact) mass is 521 g/mol. The molecule has 37 heavy (non-hydrogen) atoms.